The van der Waals surface area contributed by atoms with Crippen LogP contribution in [0, 0.1) is 0 Å². The van der Waals surface area contributed by atoms with E-state index in [4.69, 9.17) is 23.2 Å². The number of pyridine rings is 1. The average molecular weight is 346 g/mol. The number of halogens is 2. The molecule has 5 nitrogen and oxygen atoms in total. The fourth-order valence-electron chi connectivity index (χ4n) is 1.97. The first kappa shape index (κ1) is 15.5. The van der Waals surface area contributed by atoms with Crippen molar-refractivity contribution < 1.29 is 0 Å². The molecule has 0 atom stereocenters. The second-order valence-corrected chi connectivity index (χ2v) is 5.65. The Bertz CT molecular complexity index is 814. The molecule has 23 heavy (non-hydrogen) atoms. The highest BCUT2D eigenvalue weighted by Gasteiger charge is 2.01. The summed E-state index contributed by atoms with van der Waals surface area (Å²) in [5.41, 5.74) is 4.84. The fraction of sp³-hybridized carbons (Fsp3) is 0.0625. The van der Waals surface area contributed by atoms with Crippen LogP contribution in [0.4, 0.5) is 5.82 Å². The van der Waals surface area contributed by atoms with Crippen LogP contribution in [0.2, 0.25) is 10.0 Å². The molecule has 116 valence electrons. The number of anilines is 1. The minimum atomic E-state index is 0.412. The van der Waals surface area contributed by atoms with Gasteiger partial charge in [0.25, 0.3) is 0 Å². The van der Waals surface area contributed by atoms with Gasteiger partial charge in [0.2, 0.25) is 0 Å². The SMILES string of the molecule is Clc1cnc(N/N=C\c2cnn(Cc3ccccc3)c2)c(Cl)c1. The molecule has 3 aromatic rings. The first-order chi connectivity index (χ1) is 11.2. The maximum Gasteiger partial charge on any atom is 0.165 e. The third-order valence-electron chi connectivity index (χ3n) is 3.03. The summed E-state index contributed by atoms with van der Waals surface area (Å²) in [5, 5.41) is 9.30. The van der Waals surface area contributed by atoms with Crippen LogP contribution >= 0.6 is 23.2 Å². The Kier molecular flexibility index (Phi) is 4.90. The van der Waals surface area contributed by atoms with E-state index in [1.807, 2.05) is 29.1 Å². The second kappa shape index (κ2) is 7.26. The lowest BCUT2D eigenvalue weighted by molar-refractivity contribution is 0.687. The van der Waals surface area contributed by atoms with Gasteiger partial charge >= 0.3 is 0 Å². The zero-order valence-electron chi connectivity index (χ0n) is 12.0. The van der Waals surface area contributed by atoms with Crippen molar-refractivity contribution in [1.82, 2.24) is 14.8 Å². The Morgan fingerprint density at radius 2 is 2.00 bits per heavy atom. The molecule has 0 fully saturated rings. The molecule has 0 radical (unpaired) electrons. The van der Waals surface area contributed by atoms with Gasteiger partial charge < -0.3 is 0 Å². The van der Waals surface area contributed by atoms with Crippen molar-refractivity contribution in [3.8, 4) is 0 Å². The van der Waals surface area contributed by atoms with Gasteiger partial charge in [0.15, 0.2) is 5.82 Å². The van der Waals surface area contributed by atoms with Crippen LogP contribution in [0.25, 0.3) is 0 Å². The van der Waals surface area contributed by atoms with Crippen LogP contribution in [-0.2, 0) is 6.54 Å². The lowest BCUT2D eigenvalue weighted by atomic mass is 10.2. The molecule has 1 aromatic carbocycles. The molecule has 2 aromatic heterocycles. The number of benzene rings is 1. The predicted molar refractivity (Wildman–Crippen MR) is 93.2 cm³/mol. The van der Waals surface area contributed by atoms with Gasteiger partial charge in [0.1, 0.15) is 0 Å². The van der Waals surface area contributed by atoms with Crippen LogP contribution in [0.1, 0.15) is 11.1 Å². The van der Waals surface area contributed by atoms with E-state index in [1.54, 1.807) is 18.5 Å². The number of aromatic nitrogens is 3. The quantitative estimate of drug-likeness (QED) is 0.559. The molecule has 2 heterocycles. The highest BCUT2D eigenvalue weighted by atomic mass is 35.5. The molecule has 0 saturated heterocycles. The standard InChI is InChI=1S/C16H13Cl2N5/c17-14-6-15(18)16(19-9-14)22-20-7-13-8-21-23(11-13)10-12-4-2-1-3-5-12/h1-9,11H,10H2,(H,19,22)/b20-7-. The first-order valence-corrected chi connectivity index (χ1v) is 7.63. The lowest BCUT2D eigenvalue weighted by Crippen LogP contribution is -1.99. The summed E-state index contributed by atoms with van der Waals surface area (Å²) < 4.78 is 1.85. The largest absolute Gasteiger partial charge is 0.268 e. The van der Waals surface area contributed by atoms with Gasteiger partial charge in [-0.3, -0.25) is 10.1 Å². The second-order valence-electron chi connectivity index (χ2n) is 4.81. The number of hydrogen-bond acceptors (Lipinski definition) is 4. The molecule has 0 unspecified atom stereocenters. The predicted octanol–water partition coefficient (Wildman–Crippen LogP) is 4.08. The van der Waals surface area contributed by atoms with Crippen LogP contribution < -0.4 is 5.43 Å². The highest BCUT2D eigenvalue weighted by Crippen LogP contribution is 2.22. The third-order valence-corrected chi connectivity index (χ3v) is 3.53. The number of nitrogens with one attached hydrogen (secondary N) is 1. The van der Waals surface area contributed by atoms with Gasteiger partial charge in [-0.05, 0) is 11.6 Å². The highest BCUT2D eigenvalue weighted by molar-refractivity contribution is 6.35. The summed E-state index contributed by atoms with van der Waals surface area (Å²) in [6.07, 6.45) is 6.81. The van der Waals surface area contributed by atoms with E-state index in [1.165, 1.54) is 11.8 Å². The summed E-state index contributed by atoms with van der Waals surface area (Å²) in [6.45, 7) is 0.715. The molecule has 1 N–H and O–H groups in total. The molecule has 7 heteroatoms. The molecule has 0 spiro atoms. The minimum absolute atomic E-state index is 0.412. The number of nitrogens with zero attached hydrogens (tertiary/aromatic N) is 4. The van der Waals surface area contributed by atoms with Gasteiger partial charge in [-0.1, -0.05) is 53.5 Å². The Balaban J connectivity index is 1.62. The van der Waals surface area contributed by atoms with Crippen LogP contribution in [0.5, 0.6) is 0 Å². The van der Waals surface area contributed by atoms with E-state index in [9.17, 15) is 0 Å². The van der Waals surface area contributed by atoms with Crippen molar-refractivity contribution in [1.29, 1.82) is 0 Å². The average Bonchev–Trinajstić information content (AvgIpc) is 2.98. The summed E-state index contributed by atoms with van der Waals surface area (Å²) in [4.78, 5) is 4.06. The van der Waals surface area contributed by atoms with Crippen LogP contribution in [-0.4, -0.2) is 21.0 Å². The van der Waals surface area contributed by atoms with E-state index < -0.39 is 0 Å². The van der Waals surface area contributed by atoms with Gasteiger partial charge in [-0.2, -0.15) is 10.2 Å². The first-order valence-electron chi connectivity index (χ1n) is 6.87. The van der Waals surface area contributed by atoms with E-state index >= 15 is 0 Å². The summed E-state index contributed by atoms with van der Waals surface area (Å²) in [7, 11) is 0. The Morgan fingerprint density at radius 3 is 2.78 bits per heavy atom. The molecule has 0 aliphatic heterocycles. The molecular formula is C16H13Cl2N5. The van der Waals surface area contributed by atoms with E-state index in [0.717, 1.165) is 5.56 Å². The molecule has 0 aliphatic carbocycles. The third kappa shape index (κ3) is 4.31. The Hall–Kier alpha value is -2.37. The van der Waals surface area contributed by atoms with Gasteiger partial charge in [-0.25, -0.2) is 4.98 Å². The number of hydrazone groups is 1. The summed E-state index contributed by atoms with van der Waals surface area (Å²) in [5.74, 6) is 0.448. The molecule has 3 rings (SSSR count). The maximum absolute atomic E-state index is 6.01. The minimum Gasteiger partial charge on any atom is -0.268 e. The lowest BCUT2D eigenvalue weighted by Gasteiger charge is -2.01. The van der Waals surface area contributed by atoms with Crippen molar-refractivity contribution in [2.45, 2.75) is 6.54 Å². The summed E-state index contributed by atoms with van der Waals surface area (Å²) in [6, 6.07) is 11.7. The fourth-order valence-corrected chi connectivity index (χ4v) is 2.39. The molecular weight excluding hydrogens is 333 g/mol. The normalized spacial score (nSPS) is 11.0. The van der Waals surface area contributed by atoms with E-state index in [-0.39, 0.29) is 0 Å². The van der Waals surface area contributed by atoms with Crippen LogP contribution in [0.15, 0.2) is 60.1 Å². The Labute approximate surface area is 143 Å². The van der Waals surface area contributed by atoms with Crippen molar-refractivity contribution in [2.75, 3.05) is 5.43 Å². The van der Waals surface area contributed by atoms with Gasteiger partial charge in [0.05, 0.1) is 29.0 Å². The maximum atomic E-state index is 6.01. The molecule has 0 saturated carbocycles. The van der Waals surface area contributed by atoms with Crippen molar-refractivity contribution in [3.05, 3.63) is 76.2 Å². The zero-order valence-corrected chi connectivity index (χ0v) is 13.5. The van der Waals surface area contributed by atoms with Crippen LogP contribution in [0.3, 0.4) is 0 Å². The molecule has 0 aliphatic rings. The Morgan fingerprint density at radius 1 is 1.17 bits per heavy atom. The van der Waals surface area contributed by atoms with Crippen molar-refractivity contribution in [2.24, 2.45) is 5.10 Å². The smallest absolute Gasteiger partial charge is 0.165 e. The number of rotatable bonds is 5. The van der Waals surface area contributed by atoms with E-state index in [2.05, 4.69) is 32.7 Å². The van der Waals surface area contributed by atoms with Crippen molar-refractivity contribution in [3.63, 3.8) is 0 Å². The van der Waals surface area contributed by atoms with Crippen molar-refractivity contribution >= 4 is 35.2 Å². The molecule has 0 amide bonds. The van der Waals surface area contributed by atoms with E-state index in [0.29, 0.717) is 22.4 Å². The zero-order chi connectivity index (χ0) is 16.1. The summed E-state index contributed by atoms with van der Waals surface area (Å²) >= 11 is 11.8. The van der Waals surface area contributed by atoms with Gasteiger partial charge in [-0.15, -0.1) is 0 Å². The van der Waals surface area contributed by atoms with Gasteiger partial charge in [0, 0.05) is 18.0 Å². The number of hydrogen-bond donors (Lipinski definition) is 1. The monoisotopic (exact) mass is 345 g/mol. The molecule has 0 bridgehead atoms. The topological polar surface area (TPSA) is 55.1 Å².